The lowest BCUT2D eigenvalue weighted by Gasteiger charge is -2.20. The van der Waals surface area contributed by atoms with Gasteiger partial charge >= 0.3 is 0 Å². The standard InChI is InChI=1S/C14H17N3OS2/c1-17(6-12-8-20-9-16-12)7-13(18)10-2-4-11(5-3-10)14(15)19/h2-5,8-9,13,18H,6-7H2,1H3,(H2,15,19). The molecule has 0 amide bonds. The summed E-state index contributed by atoms with van der Waals surface area (Å²) in [5, 5.41) is 12.2. The average Bonchev–Trinajstić information content (AvgIpc) is 2.91. The molecule has 4 nitrogen and oxygen atoms in total. The molecule has 1 atom stereocenters. The lowest BCUT2D eigenvalue weighted by atomic mass is 10.1. The predicted molar refractivity (Wildman–Crippen MR) is 85.7 cm³/mol. The number of nitrogens with two attached hydrogens (primary N) is 1. The van der Waals surface area contributed by atoms with E-state index in [2.05, 4.69) is 4.98 Å². The van der Waals surface area contributed by atoms with Crippen LogP contribution in [0.25, 0.3) is 0 Å². The van der Waals surface area contributed by atoms with Gasteiger partial charge in [0.25, 0.3) is 0 Å². The Bertz CT molecular complexity index is 554. The molecular formula is C14H17N3OS2. The molecule has 0 spiro atoms. The quantitative estimate of drug-likeness (QED) is 0.799. The van der Waals surface area contributed by atoms with Crippen molar-refractivity contribution in [3.63, 3.8) is 0 Å². The summed E-state index contributed by atoms with van der Waals surface area (Å²) in [5.41, 5.74) is 10.1. The number of benzene rings is 1. The van der Waals surface area contributed by atoms with E-state index in [1.807, 2.05) is 47.1 Å². The van der Waals surface area contributed by atoms with Crippen LogP contribution in [-0.2, 0) is 6.54 Å². The van der Waals surface area contributed by atoms with Gasteiger partial charge in [0.05, 0.1) is 17.3 Å². The zero-order chi connectivity index (χ0) is 14.5. The van der Waals surface area contributed by atoms with Gasteiger partial charge in [-0.25, -0.2) is 4.98 Å². The SMILES string of the molecule is CN(Cc1cscn1)CC(O)c1ccc(C(N)=S)cc1. The van der Waals surface area contributed by atoms with E-state index >= 15 is 0 Å². The number of nitrogens with zero attached hydrogens (tertiary/aromatic N) is 2. The van der Waals surface area contributed by atoms with Crippen LogP contribution in [0.3, 0.4) is 0 Å². The van der Waals surface area contributed by atoms with E-state index in [4.69, 9.17) is 18.0 Å². The van der Waals surface area contributed by atoms with Gasteiger partial charge in [0.15, 0.2) is 0 Å². The van der Waals surface area contributed by atoms with E-state index in [1.54, 1.807) is 11.3 Å². The topological polar surface area (TPSA) is 62.4 Å². The molecule has 0 saturated carbocycles. The molecule has 0 fully saturated rings. The molecule has 20 heavy (non-hydrogen) atoms. The fourth-order valence-electron chi connectivity index (χ4n) is 1.93. The van der Waals surface area contributed by atoms with Gasteiger partial charge in [0.1, 0.15) is 4.99 Å². The lowest BCUT2D eigenvalue weighted by molar-refractivity contribution is 0.123. The maximum Gasteiger partial charge on any atom is 0.103 e. The third-order valence-electron chi connectivity index (χ3n) is 2.98. The van der Waals surface area contributed by atoms with Crippen molar-refractivity contribution in [3.8, 4) is 0 Å². The van der Waals surface area contributed by atoms with E-state index in [0.717, 1.165) is 23.4 Å². The Morgan fingerprint density at radius 1 is 1.45 bits per heavy atom. The van der Waals surface area contributed by atoms with E-state index in [9.17, 15) is 5.11 Å². The normalized spacial score (nSPS) is 12.6. The summed E-state index contributed by atoms with van der Waals surface area (Å²) < 4.78 is 0. The second kappa shape index (κ2) is 6.90. The Labute approximate surface area is 127 Å². The fraction of sp³-hybridized carbons (Fsp3) is 0.286. The maximum atomic E-state index is 10.2. The van der Waals surface area contributed by atoms with Gasteiger partial charge in [-0.2, -0.15) is 0 Å². The second-order valence-corrected chi connectivity index (χ2v) is 5.84. The number of hydrogen-bond donors (Lipinski definition) is 2. The summed E-state index contributed by atoms with van der Waals surface area (Å²) in [5.74, 6) is 0. The minimum absolute atomic E-state index is 0.367. The third kappa shape index (κ3) is 4.08. The molecular weight excluding hydrogens is 290 g/mol. The van der Waals surface area contributed by atoms with Gasteiger partial charge in [-0.3, -0.25) is 4.90 Å². The van der Waals surface area contributed by atoms with Crippen LogP contribution in [-0.4, -0.2) is 33.6 Å². The number of likely N-dealkylation sites (N-methyl/N-ethyl adjacent to an activating group) is 1. The van der Waals surface area contributed by atoms with E-state index in [-0.39, 0.29) is 0 Å². The minimum atomic E-state index is -0.543. The summed E-state index contributed by atoms with van der Waals surface area (Å²) in [4.78, 5) is 6.64. The van der Waals surface area contributed by atoms with Crippen LogP contribution >= 0.6 is 23.6 Å². The molecule has 2 aromatic rings. The molecule has 0 aliphatic heterocycles. The molecule has 1 aromatic carbocycles. The van der Waals surface area contributed by atoms with Gasteiger partial charge in [-0.15, -0.1) is 11.3 Å². The Morgan fingerprint density at radius 3 is 2.70 bits per heavy atom. The van der Waals surface area contributed by atoms with Crippen LogP contribution in [0.15, 0.2) is 35.2 Å². The lowest BCUT2D eigenvalue weighted by Crippen LogP contribution is -2.24. The number of thiazole rings is 1. The first-order chi connectivity index (χ1) is 9.56. The van der Waals surface area contributed by atoms with Crippen LogP contribution in [0.5, 0.6) is 0 Å². The molecule has 0 bridgehead atoms. The van der Waals surface area contributed by atoms with Gasteiger partial charge in [-0.1, -0.05) is 36.5 Å². The van der Waals surface area contributed by atoms with Gasteiger partial charge in [0, 0.05) is 24.0 Å². The molecule has 106 valence electrons. The summed E-state index contributed by atoms with van der Waals surface area (Å²) in [6.07, 6.45) is -0.543. The first-order valence-corrected chi connectivity index (χ1v) is 7.55. The highest BCUT2D eigenvalue weighted by Crippen LogP contribution is 2.16. The monoisotopic (exact) mass is 307 g/mol. The van der Waals surface area contributed by atoms with E-state index in [0.29, 0.717) is 11.5 Å². The number of rotatable bonds is 6. The van der Waals surface area contributed by atoms with Crippen molar-refractivity contribution in [1.82, 2.24) is 9.88 Å². The first kappa shape index (κ1) is 15.1. The number of thiocarbonyl (C=S) groups is 1. The van der Waals surface area contributed by atoms with Crippen LogP contribution in [0.2, 0.25) is 0 Å². The van der Waals surface area contributed by atoms with Crippen molar-refractivity contribution in [2.75, 3.05) is 13.6 Å². The Kier molecular flexibility index (Phi) is 5.19. The van der Waals surface area contributed by atoms with E-state index in [1.165, 1.54) is 0 Å². The summed E-state index contributed by atoms with van der Waals surface area (Å²) >= 11 is 6.48. The van der Waals surface area contributed by atoms with Gasteiger partial charge in [-0.05, 0) is 12.6 Å². The molecule has 1 aromatic heterocycles. The number of hydrogen-bond acceptors (Lipinski definition) is 5. The molecule has 0 aliphatic carbocycles. The molecule has 6 heteroatoms. The molecule has 0 saturated heterocycles. The average molecular weight is 307 g/mol. The third-order valence-corrected chi connectivity index (χ3v) is 3.85. The number of aromatic nitrogens is 1. The molecule has 0 radical (unpaired) electrons. The fourth-order valence-corrected chi connectivity index (χ4v) is 2.61. The van der Waals surface area contributed by atoms with Crippen molar-refractivity contribution in [2.24, 2.45) is 5.73 Å². The molecule has 1 heterocycles. The molecule has 3 N–H and O–H groups in total. The van der Waals surface area contributed by atoms with Crippen molar-refractivity contribution in [1.29, 1.82) is 0 Å². The first-order valence-electron chi connectivity index (χ1n) is 6.19. The molecule has 0 aliphatic rings. The number of aliphatic hydroxyl groups excluding tert-OH is 1. The smallest absolute Gasteiger partial charge is 0.103 e. The Hall–Kier alpha value is -1.34. The highest BCUT2D eigenvalue weighted by atomic mass is 32.1. The minimum Gasteiger partial charge on any atom is -0.389 e. The van der Waals surface area contributed by atoms with Crippen LogP contribution in [0.1, 0.15) is 22.9 Å². The maximum absolute atomic E-state index is 10.2. The Balaban J connectivity index is 1.93. The van der Waals surface area contributed by atoms with Gasteiger partial charge in [0.2, 0.25) is 0 Å². The molecule has 1 unspecified atom stereocenters. The van der Waals surface area contributed by atoms with Crippen LogP contribution < -0.4 is 5.73 Å². The van der Waals surface area contributed by atoms with Crippen LogP contribution in [0.4, 0.5) is 0 Å². The van der Waals surface area contributed by atoms with Crippen molar-refractivity contribution in [3.05, 3.63) is 52.0 Å². The summed E-state index contributed by atoms with van der Waals surface area (Å²) in [6.45, 7) is 1.27. The largest absolute Gasteiger partial charge is 0.389 e. The highest BCUT2D eigenvalue weighted by Gasteiger charge is 2.12. The molecule has 2 rings (SSSR count). The van der Waals surface area contributed by atoms with Crippen molar-refractivity contribution >= 4 is 28.5 Å². The van der Waals surface area contributed by atoms with Crippen molar-refractivity contribution in [2.45, 2.75) is 12.6 Å². The highest BCUT2D eigenvalue weighted by molar-refractivity contribution is 7.80. The van der Waals surface area contributed by atoms with Crippen LogP contribution in [0, 0.1) is 0 Å². The Morgan fingerprint density at radius 2 is 2.15 bits per heavy atom. The zero-order valence-electron chi connectivity index (χ0n) is 11.2. The predicted octanol–water partition coefficient (Wildman–Crippen LogP) is 1.94. The zero-order valence-corrected chi connectivity index (χ0v) is 12.8. The summed E-state index contributed by atoms with van der Waals surface area (Å²) in [6, 6.07) is 7.38. The second-order valence-electron chi connectivity index (χ2n) is 4.68. The summed E-state index contributed by atoms with van der Waals surface area (Å²) in [7, 11) is 1.96. The van der Waals surface area contributed by atoms with Crippen molar-refractivity contribution < 1.29 is 5.11 Å². The number of aliphatic hydroxyl groups is 1. The van der Waals surface area contributed by atoms with Gasteiger partial charge < -0.3 is 10.8 Å². The van der Waals surface area contributed by atoms with E-state index < -0.39 is 6.10 Å².